The highest BCUT2D eigenvalue weighted by Crippen LogP contribution is 2.34. The summed E-state index contributed by atoms with van der Waals surface area (Å²) in [5.41, 5.74) is 0.621. The Morgan fingerprint density at radius 2 is 2.00 bits per heavy atom. The molecule has 1 aromatic heterocycles. The van der Waals surface area contributed by atoms with E-state index in [0.29, 0.717) is 5.69 Å². The van der Waals surface area contributed by atoms with Crippen LogP contribution in [-0.2, 0) is 4.79 Å². The van der Waals surface area contributed by atoms with Gasteiger partial charge in [-0.3, -0.25) is 4.79 Å². The topological polar surface area (TPSA) is 58.1 Å². The van der Waals surface area contributed by atoms with Crippen molar-refractivity contribution >= 4 is 29.0 Å². The van der Waals surface area contributed by atoms with Crippen molar-refractivity contribution in [1.82, 2.24) is 9.97 Å². The van der Waals surface area contributed by atoms with Crippen molar-refractivity contribution in [3.8, 4) is 0 Å². The summed E-state index contributed by atoms with van der Waals surface area (Å²) < 4.78 is 38.4. The molecule has 1 aliphatic heterocycles. The van der Waals surface area contributed by atoms with Crippen LogP contribution in [0.5, 0.6) is 0 Å². The average Bonchev–Trinajstić information content (AvgIpc) is 2.30. The van der Waals surface area contributed by atoms with Crippen LogP contribution >= 0.6 is 11.6 Å². The molecule has 104 valence electrons. The van der Waals surface area contributed by atoms with E-state index >= 15 is 0 Å². The Balaban J connectivity index is 2.47. The van der Waals surface area contributed by atoms with Crippen LogP contribution in [0.15, 0.2) is 0 Å². The van der Waals surface area contributed by atoms with E-state index in [2.05, 4.69) is 15.3 Å². The van der Waals surface area contributed by atoms with E-state index in [0.717, 1.165) is 4.90 Å². The predicted octanol–water partition coefficient (Wildman–Crippen LogP) is 1.80. The largest absolute Gasteiger partial charge is 0.343 e. The van der Waals surface area contributed by atoms with E-state index in [9.17, 15) is 18.0 Å². The van der Waals surface area contributed by atoms with Gasteiger partial charge in [-0.2, -0.15) is 4.98 Å². The summed E-state index contributed by atoms with van der Waals surface area (Å²) in [7, 11) is 1.31. The van der Waals surface area contributed by atoms with Gasteiger partial charge in [-0.1, -0.05) is 0 Å². The zero-order valence-electron chi connectivity index (χ0n) is 9.99. The van der Waals surface area contributed by atoms with Gasteiger partial charge in [0.2, 0.25) is 5.28 Å². The van der Waals surface area contributed by atoms with E-state index in [4.69, 9.17) is 11.6 Å². The highest BCUT2D eigenvalue weighted by atomic mass is 35.5. The highest BCUT2D eigenvalue weighted by Gasteiger charge is 2.43. The monoisotopic (exact) mass is 294 g/mol. The van der Waals surface area contributed by atoms with Crippen molar-refractivity contribution in [2.45, 2.75) is 25.6 Å². The van der Waals surface area contributed by atoms with Gasteiger partial charge in [0.1, 0.15) is 11.7 Å². The third-order valence-electron chi connectivity index (χ3n) is 2.85. The smallest absolute Gasteiger partial charge is 0.271 e. The number of aryl methyl sites for hydroxylation is 1. The molecule has 2 rings (SSSR count). The third kappa shape index (κ3) is 2.32. The zero-order chi connectivity index (χ0) is 14.3. The Kier molecular flexibility index (Phi) is 3.53. The molecular weight excluding hydrogens is 285 g/mol. The molecule has 0 fully saturated rings. The van der Waals surface area contributed by atoms with Crippen LogP contribution in [0.3, 0.4) is 0 Å². The van der Waals surface area contributed by atoms with Gasteiger partial charge in [-0.25, -0.2) is 18.2 Å². The molecule has 0 radical (unpaired) electrons. The molecule has 0 saturated carbocycles. The number of anilines is 2. The van der Waals surface area contributed by atoms with Crippen molar-refractivity contribution in [2.75, 3.05) is 17.3 Å². The summed E-state index contributed by atoms with van der Waals surface area (Å²) in [4.78, 5) is 20.5. The number of alkyl halides is 3. The minimum absolute atomic E-state index is 0.106. The molecule has 1 amide bonds. The number of amides is 1. The fraction of sp³-hybridized carbons (Fsp3) is 0.500. The lowest BCUT2D eigenvalue weighted by atomic mass is 10.1. The number of rotatable bonds is 2. The Bertz CT molecular complexity index is 528. The number of likely N-dealkylation sites (N-methyl/N-ethyl adjacent to an activating group) is 1. The molecule has 2 heterocycles. The molecule has 1 N–H and O–H groups in total. The van der Waals surface area contributed by atoms with Crippen molar-refractivity contribution in [1.29, 1.82) is 0 Å². The van der Waals surface area contributed by atoms with E-state index in [1.807, 2.05) is 0 Å². The van der Waals surface area contributed by atoms with Gasteiger partial charge in [-0.05, 0) is 18.5 Å². The molecule has 1 aromatic rings. The van der Waals surface area contributed by atoms with E-state index in [-0.39, 0.29) is 16.8 Å². The first-order valence-corrected chi connectivity index (χ1v) is 5.70. The first-order chi connectivity index (χ1) is 8.82. The summed E-state index contributed by atoms with van der Waals surface area (Å²) in [5, 5.41) is 2.23. The molecule has 9 heteroatoms. The lowest BCUT2D eigenvalue weighted by Gasteiger charge is -2.35. The average molecular weight is 295 g/mol. The second kappa shape index (κ2) is 4.84. The van der Waals surface area contributed by atoms with Gasteiger partial charge >= 0.3 is 0 Å². The quantitative estimate of drug-likeness (QED) is 0.845. The van der Waals surface area contributed by atoms with Gasteiger partial charge in [0.25, 0.3) is 12.3 Å². The molecule has 0 aliphatic carbocycles. The number of nitrogens with zero attached hydrogens (tertiary/aromatic N) is 3. The molecule has 0 aromatic carbocycles. The molecule has 0 bridgehead atoms. The molecular formula is C10H10ClF3N4O. The zero-order valence-corrected chi connectivity index (χ0v) is 10.7. The van der Waals surface area contributed by atoms with Crippen LogP contribution in [0.2, 0.25) is 5.28 Å². The van der Waals surface area contributed by atoms with E-state index < -0.39 is 24.5 Å². The number of fused-ring (bicyclic) bond motifs is 1. The number of hydrogen-bond donors (Lipinski definition) is 1. The van der Waals surface area contributed by atoms with E-state index in [1.54, 1.807) is 6.92 Å². The van der Waals surface area contributed by atoms with Crippen LogP contribution in [-0.4, -0.2) is 41.6 Å². The SMILES string of the molecule is Cc1nc(Cl)nc2c1NC(=O)C(C(F)C(F)F)N2C. The molecule has 2 unspecified atom stereocenters. The fourth-order valence-corrected chi connectivity index (χ4v) is 2.13. The predicted molar refractivity (Wildman–Crippen MR) is 63.5 cm³/mol. The Hall–Kier alpha value is -1.57. The normalized spacial score (nSPS) is 20.3. The van der Waals surface area contributed by atoms with Crippen molar-refractivity contribution < 1.29 is 18.0 Å². The minimum Gasteiger partial charge on any atom is -0.343 e. The number of carbonyl (C=O) groups excluding carboxylic acids is 1. The van der Waals surface area contributed by atoms with Gasteiger partial charge < -0.3 is 10.2 Å². The molecule has 5 nitrogen and oxygen atoms in total. The number of nitrogens with one attached hydrogen (secondary N) is 1. The maximum Gasteiger partial charge on any atom is 0.271 e. The molecule has 1 aliphatic rings. The van der Waals surface area contributed by atoms with Gasteiger partial charge in [0, 0.05) is 7.05 Å². The van der Waals surface area contributed by atoms with Crippen molar-refractivity contribution in [2.24, 2.45) is 0 Å². The van der Waals surface area contributed by atoms with Gasteiger partial charge in [0.15, 0.2) is 12.0 Å². The van der Waals surface area contributed by atoms with Crippen LogP contribution in [0.25, 0.3) is 0 Å². The third-order valence-corrected chi connectivity index (χ3v) is 3.02. The number of halogens is 4. The summed E-state index contributed by atoms with van der Waals surface area (Å²) in [5.74, 6) is -0.748. The second-order valence-electron chi connectivity index (χ2n) is 4.10. The first kappa shape index (κ1) is 13.9. The Labute approximate surface area is 111 Å². The lowest BCUT2D eigenvalue weighted by Crippen LogP contribution is -2.54. The van der Waals surface area contributed by atoms with Crippen molar-refractivity contribution in [3.05, 3.63) is 11.0 Å². The van der Waals surface area contributed by atoms with Crippen LogP contribution in [0.4, 0.5) is 24.7 Å². The second-order valence-corrected chi connectivity index (χ2v) is 4.44. The summed E-state index contributed by atoms with van der Waals surface area (Å²) in [6.45, 7) is 1.57. The molecule has 0 spiro atoms. The fourth-order valence-electron chi connectivity index (χ4n) is 1.93. The van der Waals surface area contributed by atoms with Gasteiger partial charge in [-0.15, -0.1) is 0 Å². The van der Waals surface area contributed by atoms with E-state index in [1.165, 1.54) is 7.05 Å². The Morgan fingerprint density at radius 1 is 1.37 bits per heavy atom. The number of carbonyl (C=O) groups is 1. The summed E-state index contributed by atoms with van der Waals surface area (Å²) in [6.07, 6.45) is -5.88. The minimum atomic E-state index is -3.27. The summed E-state index contributed by atoms with van der Waals surface area (Å²) >= 11 is 5.67. The Morgan fingerprint density at radius 3 is 2.58 bits per heavy atom. The van der Waals surface area contributed by atoms with Gasteiger partial charge in [0.05, 0.1) is 5.69 Å². The number of hydrogen-bond acceptors (Lipinski definition) is 4. The summed E-state index contributed by atoms with van der Waals surface area (Å²) in [6, 6.07) is -1.65. The van der Waals surface area contributed by atoms with Crippen molar-refractivity contribution in [3.63, 3.8) is 0 Å². The van der Waals surface area contributed by atoms with Crippen LogP contribution in [0.1, 0.15) is 5.69 Å². The maximum absolute atomic E-state index is 13.5. The molecule has 19 heavy (non-hydrogen) atoms. The number of aromatic nitrogens is 2. The first-order valence-electron chi connectivity index (χ1n) is 5.33. The molecule has 2 atom stereocenters. The maximum atomic E-state index is 13.5. The van der Waals surface area contributed by atoms with Crippen LogP contribution in [0, 0.1) is 6.92 Å². The highest BCUT2D eigenvalue weighted by molar-refractivity contribution is 6.28. The lowest BCUT2D eigenvalue weighted by molar-refractivity contribution is -0.121. The molecule has 0 saturated heterocycles. The van der Waals surface area contributed by atoms with Crippen LogP contribution < -0.4 is 10.2 Å². The standard InChI is InChI=1S/C10H10ClF3N4O/c1-3-5-8(17-10(11)15-3)18(2)6(9(19)16-5)4(12)7(13)14/h4,6-7H,1-2H3,(H,16,19).